The summed E-state index contributed by atoms with van der Waals surface area (Å²) in [6, 6.07) is 7.22. The number of nitrogens with zero attached hydrogens (tertiary/aromatic N) is 1. The summed E-state index contributed by atoms with van der Waals surface area (Å²) in [5.41, 5.74) is 1.61. The van der Waals surface area contributed by atoms with Crippen LogP contribution in [0.5, 0.6) is 0 Å². The van der Waals surface area contributed by atoms with Crippen LogP contribution in [-0.2, 0) is 4.52 Å². The Morgan fingerprint density at radius 2 is 1.85 bits per heavy atom. The van der Waals surface area contributed by atoms with Gasteiger partial charge in [0, 0.05) is 19.8 Å². The van der Waals surface area contributed by atoms with Crippen molar-refractivity contribution >= 4 is 21.1 Å². The third-order valence-electron chi connectivity index (χ3n) is 1.73. The molecule has 0 amide bonds. The Bertz CT molecular complexity index is 295. The van der Waals surface area contributed by atoms with Gasteiger partial charge >= 0.3 is 5.97 Å². The van der Waals surface area contributed by atoms with E-state index < -0.39 is 0 Å². The summed E-state index contributed by atoms with van der Waals surface area (Å²) < 4.78 is 4.50. The minimum Gasteiger partial charge on any atom is -0.448 e. The quantitative estimate of drug-likeness (QED) is 0.676. The van der Waals surface area contributed by atoms with Crippen LogP contribution in [0.3, 0.4) is 0 Å². The molecule has 0 N–H and O–H groups in total. The summed E-state index contributed by atoms with van der Waals surface area (Å²) in [6.07, 6.45) is 0. The average molecular weight is 197 g/mol. The summed E-state index contributed by atoms with van der Waals surface area (Å²) in [5, 5.41) is 0. The van der Waals surface area contributed by atoms with Crippen LogP contribution in [0.2, 0.25) is 0 Å². The van der Waals surface area contributed by atoms with Gasteiger partial charge in [-0.3, -0.25) is 0 Å². The van der Waals surface area contributed by atoms with Crippen LogP contribution in [0.1, 0.15) is 10.4 Å². The topological polar surface area (TPSA) is 29.5 Å². The zero-order chi connectivity index (χ0) is 9.84. The summed E-state index contributed by atoms with van der Waals surface area (Å²) in [7, 11) is 5.83. The molecule has 3 nitrogen and oxygen atoms in total. The summed E-state index contributed by atoms with van der Waals surface area (Å²) in [5.74, 6) is -0.338. The molecular formula is C9H12NO2P. The second kappa shape index (κ2) is 4.24. The van der Waals surface area contributed by atoms with Crippen molar-refractivity contribution in [2.45, 2.75) is 0 Å². The van der Waals surface area contributed by atoms with Crippen molar-refractivity contribution < 1.29 is 9.32 Å². The lowest BCUT2D eigenvalue weighted by Gasteiger charge is -2.11. The van der Waals surface area contributed by atoms with Crippen molar-refractivity contribution in [3.8, 4) is 0 Å². The fourth-order valence-corrected chi connectivity index (χ4v) is 1.10. The fraction of sp³-hybridized carbons (Fsp3) is 0.222. The first kappa shape index (κ1) is 10.0. The highest BCUT2D eigenvalue weighted by atomic mass is 31.0. The van der Waals surface area contributed by atoms with E-state index in [0.29, 0.717) is 5.56 Å². The van der Waals surface area contributed by atoms with Crippen LogP contribution < -0.4 is 4.90 Å². The summed E-state index contributed by atoms with van der Waals surface area (Å²) in [4.78, 5) is 13.0. The summed E-state index contributed by atoms with van der Waals surface area (Å²) in [6.45, 7) is 0. The molecule has 0 aromatic heterocycles. The molecule has 1 aromatic carbocycles. The highest BCUT2D eigenvalue weighted by Gasteiger charge is 2.04. The first-order valence-electron chi connectivity index (χ1n) is 3.83. The third kappa shape index (κ3) is 2.43. The number of rotatable bonds is 2. The molecule has 1 unspecified atom stereocenters. The fourth-order valence-electron chi connectivity index (χ4n) is 0.964. The minimum absolute atomic E-state index is 0.338. The molecule has 0 saturated heterocycles. The summed E-state index contributed by atoms with van der Waals surface area (Å²) >= 11 is 0. The predicted molar refractivity (Wildman–Crippen MR) is 55.9 cm³/mol. The highest BCUT2D eigenvalue weighted by molar-refractivity contribution is 7.10. The van der Waals surface area contributed by atoms with Gasteiger partial charge in [-0.15, -0.1) is 0 Å². The van der Waals surface area contributed by atoms with Crippen molar-refractivity contribution in [2.75, 3.05) is 19.0 Å². The van der Waals surface area contributed by atoms with Gasteiger partial charge in [0.05, 0.1) is 15.0 Å². The van der Waals surface area contributed by atoms with Crippen molar-refractivity contribution in [1.82, 2.24) is 0 Å². The Hall–Kier alpha value is -1.08. The van der Waals surface area contributed by atoms with Crippen molar-refractivity contribution in [2.24, 2.45) is 0 Å². The van der Waals surface area contributed by atoms with E-state index in [0.717, 1.165) is 5.69 Å². The van der Waals surface area contributed by atoms with E-state index in [1.807, 2.05) is 40.6 Å². The van der Waals surface area contributed by atoms with Crippen LogP contribution in [0.25, 0.3) is 0 Å². The molecule has 0 aliphatic rings. The Kier molecular flexibility index (Phi) is 3.26. The Morgan fingerprint density at radius 3 is 2.23 bits per heavy atom. The van der Waals surface area contributed by atoms with Crippen LogP contribution in [0.4, 0.5) is 5.69 Å². The molecule has 1 atom stereocenters. The SMILES string of the molecule is CN(C)c1ccc(C(=O)OP)cc1. The average Bonchev–Trinajstić information content (AvgIpc) is 2.17. The maximum Gasteiger partial charge on any atom is 0.340 e. The molecule has 0 aliphatic heterocycles. The van der Waals surface area contributed by atoms with Gasteiger partial charge in [-0.2, -0.15) is 0 Å². The zero-order valence-electron chi connectivity index (χ0n) is 7.65. The predicted octanol–water partition coefficient (Wildman–Crippen LogP) is 1.70. The van der Waals surface area contributed by atoms with E-state index in [2.05, 4.69) is 4.52 Å². The molecule has 13 heavy (non-hydrogen) atoms. The number of carbonyl (C=O) groups excluding carboxylic acids is 1. The van der Waals surface area contributed by atoms with Gasteiger partial charge in [0.2, 0.25) is 0 Å². The van der Waals surface area contributed by atoms with E-state index in [1.54, 1.807) is 12.1 Å². The molecule has 0 bridgehead atoms. The van der Waals surface area contributed by atoms with Crippen molar-refractivity contribution in [1.29, 1.82) is 0 Å². The molecule has 0 fully saturated rings. The van der Waals surface area contributed by atoms with Crippen LogP contribution in [-0.4, -0.2) is 20.1 Å². The molecule has 0 saturated carbocycles. The van der Waals surface area contributed by atoms with Gasteiger partial charge in [0.25, 0.3) is 0 Å². The normalized spacial score (nSPS) is 9.46. The van der Waals surface area contributed by atoms with Crippen LogP contribution in [0, 0.1) is 0 Å². The number of hydrogen-bond acceptors (Lipinski definition) is 3. The molecule has 0 spiro atoms. The monoisotopic (exact) mass is 197 g/mol. The van der Waals surface area contributed by atoms with E-state index in [9.17, 15) is 4.79 Å². The first-order valence-corrected chi connectivity index (χ1v) is 4.30. The smallest absolute Gasteiger partial charge is 0.340 e. The van der Waals surface area contributed by atoms with E-state index in [4.69, 9.17) is 0 Å². The second-order valence-corrected chi connectivity index (χ2v) is 3.08. The number of carbonyl (C=O) groups is 1. The van der Waals surface area contributed by atoms with Gasteiger partial charge < -0.3 is 9.42 Å². The third-order valence-corrected chi connectivity index (χ3v) is 1.94. The number of benzene rings is 1. The van der Waals surface area contributed by atoms with E-state index in [-0.39, 0.29) is 5.97 Å². The maximum atomic E-state index is 11.0. The largest absolute Gasteiger partial charge is 0.448 e. The first-order chi connectivity index (χ1) is 6.15. The van der Waals surface area contributed by atoms with Crippen molar-refractivity contribution in [3.05, 3.63) is 29.8 Å². The van der Waals surface area contributed by atoms with Crippen molar-refractivity contribution in [3.63, 3.8) is 0 Å². The zero-order valence-corrected chi connectivity index (χ0v) is 8.81. The standard InChI is InChI=1S/C9H12NO2P/c1-10(2)8-5-3-7(4-6-8)9(11)12-13/h3-6H,13H2,1-2H3. The number of anilines is 1. The lowest BCUT2D eigenvalue weighted by molar-refractivity contribution is 0.0765. The van der Waals surface area contributed by atoms with Gasteiger partial charge in [-0.05, 0) is 24.3 Å². The lowest BCUT2D eigenvalue weighted by Crippen LogP contribution is -2.08. The Morgan fingerprint density at radius 1 is 1.31 bits per heavy atom. The number of hydrogen-bond donors (Lipinski definition) is 0. The maximum absolute atomic E-state index is 11.0. The Labute approximate surface area is 80.0 Å². The molecule has 1 rings (SSSR count). The lowest BCUT2D eigenvalue weighted by atomic mass is 10.2. The molecule has 4 heteroatoms. The van der Waals surface area contributed by atoms with E-state index >= 15 is 0 Å². The molecule has 1 aromatic rings. The molecule has 0 radical (unpaired) electrons. The molecule has 0 heterocycles. The van der Waals surface area contributed by atoms with Gasteiger partial charge in [0.1, 0.15) is 0 Å². The molecule has 0 aliphatic carbocycles. The van der Waals surface area contributed by atoms with Crippen LogP contribution in [0.15, 0.2) is 24.3 Å². The van der Waals surface area contributed by atoms with E-state index in [1.165, 1.54) is 0 Å². The minimum atomic E-state index is -0.338. The highest BCUT2D eigenvalue weighted by Crippen LogP contribution is 2.13. The van der Waals surface area contributed by atoms with Crippen LogP contribution >= 0.6 is 9.47 Å². The van der Waals surface area contributed by atoms with Gasteiger partial charge in [-0.1, -0.05) is 0 Å². The molecular weight excluding hydrogens is 185 g/mol. The Balaban J connectivity index is 2.87. The van der Waals surface area contributed by atoms with Gasteiger partial charge in [-0.25, -0.2) is 4.79 Å². The molecule has 70 valence electrons. The van der Waals surface area contributed by atoms with Gasteiger partial charge in [0.15, 0.2) is 0 Å². The second-order valence-electron chi connectivity index (χ2n) is 2.85.